The van der Waals surface area contributed by atoms with Gasteiger partial charge in [-0.05, 0) is 54.3 Å². The predicted molar refractivity (Wildman–Crippen MR) is 140 cm³/mol. The summed E-state index contributed by atoms with van der Waals surface area (Å²) in [6, 6.07) is 18.1. The zero-order valence-corrected chi connectivity index (χ0v) is 20.5. The van der Waals surface area contributed by atoms with Crippen molar-refractivity contribution in [3.05, 3.63) is 98.3 Å². The largest absolute Gasteiger partial charge is 0.348 e. The van der Waals surface area contributed by atoms with Crippen LogP contribution in [0.2, 0.25) is 0 Å². The van der Waals surface area contributed by atoms with E-state index < -0.39 is 11.2 Å². The summed E-state index contributed by atoms with van der Waals surface area (Å²) < 4.78 is 2.31. The van der Waals surface area contributed by atoms with Crippen LogP contribution in [0.1, 0.15) is 34.3 Å². The number of fused-ring (bicyclic) bond motifs is 1. The highest BCUT2D eigenvalue weighted by atomic mass is 16.2. The highest BCUT2D eigenvalue weighted by molar-refractivity contribution is 5.96. The highest BCUT2D eigenvalue weighted by Gasteiger charge is 2.15. The molecule has 2 aromatic heterocycles. The maximum atomic E-state index is 12.9. The molecule has 4 aromatic rings. The molecule has 0 unspecified atom stereocenters. The fourth-order valence-electron chi connectivity index (χ4n) is 4.81. The molecule has 0 spiro atoms. The molecule has 1 amide bonds. The number of rotatable bonds is 6. The van der Waals surface area contributed by atoms with Gasteiger partial charge in [-0.3, -0.25) is 23.6 Å². The molecule has 5 rings (SSSR count). The van der Waals surface area contributed by atoms with Crippen LogP contribution in [-0.4, -0.2) is 38.0 Å². The molecule has 1 N–H and O–H groups in total. The lowest BCUT2D eigenvalue weighted by Crippen LogP contribution is -2.37. The molecule has 1 saturated heterocycles. The molecule has 2 aromatic carbocycles. The lowest BCUT2D eigenvalue weighted by Gasteiger charge is -2.15. The minimum absolute atomic E-state index is 0.224. The number of amides is 1. The number of nitrogens with one attached hydrogen (secondary N) is 1. The Balaban J connectivity index is 1.33. The van der Waals surface area contributed by atoms with Crippen molar-refractivity contribution in [3.8, 4) is 11.1 Å². The van der Waals surface area contributed by atoms with Crippen LogP contribution in [0.25, 0.3) is 22.2 Å². The first-order valence-corrected chi connectivity index (χ1v) is 12.2. The average molecular weight is 484 g/mol. The van der Waals surface area contributed by atoms with Crippen molar-refractivity contribution in [2.45, 2.75) is 25.9 Å². The Morgan fingerprint density at radius 2 is 1.69 bits per heavy atom. The van der Waals surface area contributed by atoms with Crippen LogP contribution in [0.15, 0.2) is 70.4 Å². The fourth-order valence-corrected chi connectivity index (χ4v) is 4.81. The van der Waals surface area contributed by atoms with E-state index in [1.54, 1.807) is 7.05 Å². The molecule has 0 bridgehead atoms. The number of aromatic nitrogens is 3. The number of aryl methyl sites for hydroxylation is 1. The molecule has 1 fully saturated rings. The van der Waals surface area contributed by atoms with E-state index in [9.17, 15) is 14.4 Å². The number of hydrogen-bond donors (Lipinski definition) is 1. The number of benzene rings is 2. The van der Waals surface area contributed by atoms with Crippen molar-refractivity contribution in [2.75, 3.05) is 13.1 Å². The normalized spacial score (nSPS) is 13.8. The van der Waals surface area contributed by atoms with Crippen LogP contribution in [0.4, 0.5) is 0 Å². The minimum atomic E-state index is -0.478. The van der Waals surface area contributed by atoms with Crippen molar-refractivity contribution < 1.29 is 4.79 Å². The van der Waals surface area contributed by atoms with Gasteiger partial charge in [0.15, 0.2) is 0 Å². The quantitative estimate of drug-likeness (QED) is 0.456. The number of likely N-dealkylation sites (tertiary alicyclic amines) is 1. The van der Waals surface area contributed by atoms with Gasteiger partial charge in [-0.25, -0.2) is 9.78 Å². The van der Waals surface area contributed by atoms with Gasteiger partial charge in [0, 0.05) is 33.4 Å². The van der Waals surface area contributed by atoms with Crippen LogP contribution >= 0.6 is 0 Å². The first-order valence-electron chi connectivity index (χ1n) is 12.2. The van der Waals surface area contributed by atoms with Crippen molar-refractivity contribution in [1.82, 2.24) is 24.3 Å². The number of hydrogen-bond acceptors (Lipinski definition) is 5. The third-order valence-corrected chi connectivity index (χ3v) is 6.88. The predicted octanol–water partition coefficient (Wildman–Crippen LogP) is 2.83. The Kier molecular flexibility index (Phi) is 6.52. The molecule has 3 heterocycles. The smallest absolute Gasteiger partial charge is 0.332 e. The van der Waals surface area contributed by atoms with E-state index in [1.165, 1.54) is 55.4 Å². The number of carbonyl (C=O) groups excluding carboxylic acids is 1. The second-order valence-electron chi connectivity index (χ2n) is 9.32. The maximum absolute atomic E-state index is 12.9. The molecule has 1 aliphatic heterocycles. The topological polar surface area (TPSA) is 89.2 Å². The minimum Gasteiger partial charge on any atom is -0.348 e. The van der Waals surface area contributed by atoms with Gasteiger partial charge >= 0.3 is 5.69 Å². The number of nitrogens with zero attached hydrogens (tertiary/aromatic N) is 4. The van der Waals surface area contributed by atoms with E-state index in [1.807, 2.05) is 18.2 Å². The molecule has 36 heavy (non-hydrogen) atoms. The average Bonchev–Trinajstić information content (AvgIpc) is 3.42. The zero-order chi connectivity index (χ0) is 25.2. The second-order valence-corrected chi connectivity index (χ2v) is 9.32. The second kappa shape index (κ2) is 9.91. The summed E-state index contributed by atoms with van der Waals surface area (Å²) in [5.74, 6) is -0.337. The summed E-state index contributed by atoms with van der Waals surface area (Å²) in [4.78, 5) is 44.3. The van der Waals surface area contributed by atoms with Crippen LogP contribution in [0, 0.1) is 0 Å². The first-order chi connectivity index (χ1) is 17.4. The highest BCUT2D eigenvalue weighted by Crippen LogP contribution is 2.25. The van der Waals surface area contributed by atoms with E-state index >= 15 is 0 Å². The zero-order valence-electron chi connectivity index (χ0n) is 20.5. The molecule has 0 atom stereocenters. The molecule has 8 nitrogen and oxygen atoms in total. The third-order valence-electron chi connectivity index (χ3n) is 6.88. The maximum Gasteiger partial charge on any atom is 0.332 e. The van der Waals surface area contributed by atoms with Gasteiger partial charge in [-0.1, -0.05) is 48.5 Å². The van der Waals surface area contributed by atoms with Crippen molar-refractivity contribution in [3.63, 3.8) is 0 Å². The van der Waals surface area contributed by atoms with Gasteiger partial charge in [0.25, 0.3) is 11.5 Å². The Labute approximate surface area is 208 Å². The molecule has 0 radical (unpaired) electrons. The van der Waals surface area contributed by atoms with E-state index in [-0.39, 0.29) is 22.5 Å². The van der Waals surface area contributed by atoms with E-state index in [2.05, 4.69) is 45.5 Å². The van der Waals surface area contributed by atoms with Crippen LogP contribution in [-0.2, 0) is 27.2 Å². The fraction of sp³-hybridized carbons (Fsp3) is 0.286. The van der Waals surface area contributed by atoms with Crippen LogP contribution in [0.3, 0.4) is 0 Å². The molecule has 1 aliphatic rings. The van der Waals surface area contributed by atoms with Crippen molar-refractivity contribution in [1.29, 1.82) is 0 Å². The lowest BCUT2D eigenvalue weighted by molar-refractivity contribution is 0.0950. The van der Waals surface area contributed by atoms with Gasteiger partial charge in [-0.2, -0.15) is 0 Å². The van der Waals surface area contributed by atoms with Crippen LogP contribution in [0.5, 0.6) is 0 Å². The van der Waals surface area contributed by atoms with Crippen molar-refractivity contribution >= 4 is 16.9 Å². The summed E-state index contributed by atoms with van der Waals surface area (Å²) in [5.41, 5.74) is 4.03. The number of carbonyl (C=O) groups is 1. The van der Waals surface area contributed by atoms with Gasteiger partial charge in [0.1, 0.15) is 5.65 Å². The summed E-state index contributed by atoms with van der Waals surface area (Å²) >= 11 is 0. The van der Waals surface area contributed by atoms with Gasteiger partial charge < -0.3 is 5.32 Å². The Morgan fingerprint density at radius 1 is 0.972 bits per heavy atom. The third kappa shape index (κ3) is 4.59. The molecular weight excluding hydrogens is 454 g/mol. The van der Waals surface area contributed by atoms with Crippen molar-refractivity contribution in [2.24, 2.45) is 14.1 Å². The van der Waals surface area contributed by atoms with Crippen LogP contribution < -0.4 is 16.6 Å². The molecule has 0 saturated carbocycles. The molecular formula is C28H29N5O3. The van der Waals surface area contributed by atoms with Gasteiger partial charge in [0.05, 0.1) is 10.9 Å². The van der Waals surface area contributed by atoms with E-state index in [0.717, 1.165) is 27.8 Å². The summed E-state index contributed by atoms with van der Waals surface area (Å²) in [5, 5.41) is 3.17. The standard InChI is InChI=1S/C28H29N5O3/c1-31-25-24(27(35)32(2)28(31)36)15-22(17-29-25)26(34)30-16-21-7-3-4-8-23(21)20-11-9-19(10-12-20)18-33-13-5-6-14-33/h3-4,7-12,15,17H,5-6,13-14,16,18H2,1-2H3,(H,30,34). The summed E-state index contributed by atoms with van der Waals surface area (Å²) in [6.45, 7) is 3.65. The first kappa shape index (κ1) is 23.7. The van der Waals surface area contributed by atoms with Gasteiger partial charge in [0.2, 0.25) is 0 Å². The summed E-state index contributed by atoms with van der Waals surface area (Å²) in [6.07, 6.45) is 3.95. The summed E-state index contributed by atoms with van der Waals surface area (Å²) in [7, 11) is 2.96. The Hall–Kier alpha value is -4.04. The molecule has 184 valence electrons. The van der Waals surface area contributed by atoms with E-state index in [0.29, 0.717) is 6.54 Å². The Morgan fingerprint density at radius 3 is 2.44 bits per heavy atom. The molecule has 8 heteroatoms. The molecule has 0 aliphatic carbocycles. The van der Waals surface area contributed by atoms with Gasteiger partial charge in [-0.15, -0.1) is 0 Å². The monoisotopic (exact) mass is 483 g/mol. The lowest BCUT2D eigenvalue weighted by atomic mass is 9.98. The number of pyridine rings is 1. The Bertz CT molecular complexity index is 1550. The SMILES string of the molecule is Cn1c(=O)c2cc(C(=O)NCc3ccccc3-c3ccc(CN4CCCC4)cc3)cnc2n(C)c1=O. The van der Waals surface area contributed by atoms with E-state index in [4.69, 9.17) is 0 Å².